The lowest BCUT2D eigenvalue weighted by Gasteiger charge is -2.29. The van der Waals surface area contributed by atoms with Crippen LogP contribution in [0.1, 0.15) is 43.4 Å². The second-order valence-corrected chi connectivity index (χ2v) is 8.83. The Morgan fingerprint density at radius 1 is 1.35 bits per heavy atom. The number of nitrogens with zero attached hydrogens (tertiary/aromatic N) is 2. The Hall–Kier alpha value is -1.43. The zero-order valence-electron chi connectivity index (χ0n) is 15.0. The molecule has 1 aliphatic carbocycles. The predicted octanol–water partition coefficient (Wildman–Crippen LogP) is 4.77. The van der Waals surface area contributed by atoms with Crippen LogP contribution in [0.15, 0.2) is 29.6 Å². The Morgan fingerprint density at radius 2 is 2.12 bits per heavy atom. The Labute approximate surface area is 163 Å². The first-order chi connectivity index (χ1) is 12.6. The highest BCUT2D eigenvalue weighted by atomic mass is 35.5. The molecule has 2 heterocycles. The number of nitrogens with one attached hydrogen (secondary N) is 1. The molecule has 2 unspecified atom stereocenters. The third-order valence-electron chi connectivity index (χ3n) is 5.48. The number of benzene rings is 1. The number of amides is 1. The zero-order chi connectivity index (χ0) is 18.1. The smallest absolute Gasteiger partial charge is 0.229 e. The van der Waals surface area contributed by atoms with Crippen molar-refractivity contribution < 1.29 is 4.79 Å². The van der Waals surface area contributed by atoms with E-state index in [1.54, 1.807) is 0 Å². The first-order valence-electron chi connectivity index (χ1n) is 9.32. The number of anilines is 1. The van der Waals surface area contributed by atoms with Gasteiger partial charge in [0.2, 0.25) is 5.91 Å². The summed E-state index contributed by atoms with van der Waals surface area (Å²) in [6.45, 7) is 5.48. The van der Waals surface area contributed by atoms with Gasteiger partial charge in [0.25, 0.3) is 0 Å². The molecule has 1 saturated carbocycles. The fraction of sp³-hybridized carbons (Fsp3) is 0.500. The average molecular weight is 390 g/mol. The standard InChI is InChI=1S/C20H24ClN3OS/c1-13-6-8-24(9-7-13)11-14-12-26-20(22-14)23-19(25)17-10-16(17)15-4-2-3-5-18(15)21/h2-5,12-13,16-17H,6-11H2,1H3,(H,22,23,25). The number of hydrogen-bond acceptors (Lipinski definition) is 4. The van der Waals surface area contributed by atoms with Gasteiger partial charge < -0.3 is 5.32 Å². The summed E-state index contributed by atoms with van der Waals surface area (Å²) in [5.74, 6) is 1.13. The molecule has 0 spiro atoms. The lowest BCUT2D eigenvalue weighted by Crippen LogP contribution is -2.32. The second-order valence-electron chi connectivity index (χ2n) is 7.56. The molecule has 4 nitrogen and oxygen atoms in total. The van der Waals surface area contributed by atoms with Crippen LogP contribution in [-0.4, -0.2) is 28.9 Å². The number of halogens is 1. The Morgan fingerprint density at radius 3 is 2.88 bits per heavy atom. The molecule has 2 atom stereocenters. The van der Waals surface area contributed by atoms with Crippen molar-refractivity contribution in [3.05, 3.63) is 45.9 Å². The topological polar surface area (TPSA) is 45.2 Å². The van der Waals surface area contributed by atoms with Gasteiger partial charge in [0.15, 0.2) is 5.13 Å². The van der Waals surface area contributed by atoms with Gasteiger partial charge in [-0.05, 0) is 55.8 Å². The highest BCUT2D eigenvalue weighted by Crippen LogP contribution is 2.50. The van der Waals surface area contributed by atoms with Gasteiger partial charge in [0.1, 0.15) is 0 Å². The molecule has 0 radical (unpaired) electrons. The van der Waals surface area contributed by atoms with Crippen molar-refractivity contribution in [1.82, 2.24) is 9.88 Å². The summed E-state index contributed by atoms with van der Waals surface area (Å²) in [4.78, 5) is 19.6. The van der Waals surface area contributed by atoms with Crippen LogP contribution >= 0.6 is 22.9 Å². The summed E-state index contributed by atoms with van der Waals surface area (Å²) in [5, 5.41) is 6.51. The number of thiazole rings is 1. The normalized spacial score (nSPS) is 23.8. The van der Waals surface area contributed by atoms with Crippen LogP contribution in [0.2, 0.25) is 5.02 Å². The van der Waals surface area contributed by atoms with Crippen molar-refractivity contribution in [2.45, 2.75) is 38.6 Å². The fourth-order valence-corrected chi connectivity index (χ4v) is 4.67. The number of hydrogen-bond donors (Lipinski definition) is 1. The molecule has 0 bridgehead atoms. The van der Waals surface area contributed by atoms with E-state index in [1.807, 2.05) is 24.3 Å². The minimum absolute atomic E-state index is 0.00540. The van der Waals surface area contributed by atoms with E-state index in [4.69, 9.17) is 11.6 Å². The Kier molecular flexibility index (Phi) is 5.30. The largest absolute Gasteiger partial charge is 0.302 e. The zero-order valence-corrected chi connectivity index (χ0v) is 16.5. The van der Waals surface area contributed by atoms with Crippen LogP contribution < -0.4 is 5.32 Å². The molecule has 2 aromatic rings. The molecule has 26 heavy (non-hydrogen) atoms. The van der Waals surface area contributed by atoms with Gasteiger partial charge in [-0.25, -0.2) is 4.98 Å². The molecule has 138 valence electrons. The molecule has 4 rings (SSSR count). The van der Waals surface area contributed by atoms with E-state index in [9.17, 15) is 4.79 Å². The number of aromatic nitrogens is 1. The highest BCUT2D eigenvalue weighted by molar-refractivity contribution is 7.13. The quantitative estimate of drug-likeness (QED) is 0.801. The number of rotatable bonds is 5. The van der Waals surface area contributed by atoms with Crippen molar-refractivity contribution >= 4 is 34.0 Å². The number of carbonyl (C=O) groups is 1. The minimum atomic E-state index is 0.00540. The van der Waals surface area contributed by atoms with Gasteiger partial charge in [0, 0.05) is 22.9 Å². The van der Waals surface area contributed by atoms with Crippen molar-refractivity contribution in [3.8, 4) is 0 Å². The molecule has 2 fully saturated rings. The number of carbonyl (C=O) groups excluding carboxylic acids is 1. The third-order valence-corrected chi connectivity index (χ3v) is 6.63. The van der Waals surface area contributed by atoms with Crippen LogP contribution in [0.4, 0.5) is 5.13 Å². The van der Waals surface area contributed by atoms with Gasteiger partial charge in [-0.3, -0.25) is 9.69 Å². The lowest BCUT2D eigenvalue weighted by atomic mass is 9.99. The summed E-state index contributed by atoms with van der Waals surface area (Å²) in [7, 11) is 0. The molecular formula is C20H24ClN3OS. The molecule has 2 aliphatic rings. The maximum absolute atomic E-state index is 12.5. The molecule has 1 saturated heterocycles. The number of piperidine rings is 1. The van der Waals surface area contributed by atoms with Crippen molar-refractivity contribution in [1.29, 1.82) is 0 Å². The van der Waals surface area contributed by atoms with E-state index in [0.717, 1.165) is 48.3 Å². The van der Waals surface area contributed by atoms with Gasteiger partial charge in [-0.15, -0.1) is 11.3 Å². The van der Waals surface area contributed by atoms with Gasteiger partial charge in [0.05, 0.1) is 5.69 Å². The van der Waals surface area contributed by atoms with Gasteiger partial charge in [-0.1, -0.05) is 36.7 Å². The SMILES string of the molecule is CC1CCN(Cc2csc(NC(=O)C3CC3c3ccccc3Cl)n2)CC1. The van der Waals surface area contributed by atoms with Crippen molar-refractivity contribution in [2.75, 3.05) is 18.4 Å². The molecule has 1 amide bonds. The molecular weight excluding hydrogens is 366 g/mol. The molecule has 1 aliphatic heterocycles. The van der Waals surface area contributed by atoms with Crippen LogP contribution in [0.5, 0.6) is 0 Å². The van der Waals surface area contributed by atoms with Crippen LogP contribution in [0.3, 0.4) is 0 Å². The van der Waals surface area contributed by atoms with Crippen LogP contribution in [-0.2, 0) is 11.3 Å². The first kappa shape index (κ1) is 18.0. The minimum Gasteiger partial charge on any atom is -0.302 e. The van der Waals surface area contributed by atoms with E-state index in [1.165, 1.54) is 24.2 Å². The summed E-state index contributed by atoms with van der Waals surface area (Å²) >= 11 is 7.76. The summed E-state index contributed by atoms with van der Waals surface area (Å²) in [6, 6.07) is 7.80. The average Bonchev–Trinajstić information content (AvgIpc) is 3.31. The van der Waals surface area contributed by atoms with Crippen LogP contribution in [0, 0.1) is 11.8 Å². The van der Waals surface area contributed by atoms with Crippen LogP contribution in [0.25, 0.3) is 0 Å². The summed E-state index contributed by atoms with van der Waals surface area (Å²) < 4.78 is 0. The highest BCUT2D eigenvalue weighted by Gasteiger charge is 2.45. The van der Waals surface area contributed by atoms with E-state index in [2.05, 4.69) is 27.5 Å². The molecule has 1 N–H and O–H groups in total. The van der Waals surface area contributed by atoms with E-state index in [0.29, 0.717) is 5.13 Å². The van der Waals surface area contributed by atoms with E-state index < -0.39 is 0 Å². The fourth-order valence-electron chi connectivity index (χ4n) is 3.69. The maximum Gasteiger partial charge on any atom is 0.229 e. The molecule has 1 aromatic carbocycles. The predicted molar refractivity (Wildman–Crippen MR) is 107 cm³/mol. The summed E-state index contributed by atoms with van der Waals surface area (Å²) in [5.41, 5.74) is 2.13. The van der Waals surface area contributed by atoms with Gasteiger partial charge >= 0.3 is 0 Å². The van der Waals surface area contributed by atoms with Crippen molar-refractivity contribution in [3.63, 3.8) is 0 Å². The molecule has 6 heteroatoms. The van der Waals surface area contributed by atoms with Crippen molar-refractivity contribution in [2.24, 2.45) is 11.8 Å². The summed E-state index contributed by atoms with van der Waals surface area (Å²) in [6.07, 6.45) is 3.39. The Bertz CT molecular complexity index is 785. The molecule has 1 aromatic heterocycles. The second kappa shape index (κ2) is 7.67. The Balaban J connectivity index is 1.30. The maximum atomic E-state index is 12.5. The van der Waals surface area contributed by atoms with Gasteiger partial charge in [-0.2, -0.15) is 0 Å². The van der Waals surface area contributed by atoms with E-state index >= 15 is 0 Å². The number of likely N-dealkylation sites (tertiary alicyclic amines) is 1. The first-order valence-corrected chi connectivity index (χ1v) is 10.6. The lowest BCUT2D eigenvalue weighted by molar-refractivity contribution is -0.117. The van der Waals surface area contributed by atoms with E-state index in [-0.39, 0.29) is 17.7 Å². The monoisotopic (exact) mass is 389 g/mol. The third kappa shape index (κ3) is 4.11.